The van der Waals surface area contributed by atoms with E-state index in [0.717, 1.165) is 16.6 Å². The molecule has 0 aliphatic carbocycles. The van der Waals surface area contributed by atoms with Gasteiger partial charge in [0.05, 0.1) is 17.6 Å². The van der Waals surface area contributed by atoms with Crippen LogP contribution in [0.25, 0.3) is 11.0 Å². The molecule has 1 aliphatic heterocycles. The van der Waals surface area contributed by atoms with Crippen molar-refractivity contribution >= 4 is 28.5 Å². The van der Waals surface area contributed by atoms with E-state index < -0.39 is 0 Å². The Hall–Kier alpha value is -4.33. The first kappa shape index (κ1) is 20.6. The minimum atomic E-state index is -0.219. The summed E-state index contributed by atoms with van der Waals surface area (Å²) in [6.45, 7) is 2.38. The molecule has 3 aromatic carbocycles. The monoisotopic (exact) mass is 442 g/mol. The van der Waals surface area contributed by atoms with Crippen molar-refractivity contribution in [2.75, 3.05) is 12.1 Å². The van der Waals surface area contributed by atoms with E-state index in [2.05, 4.69) is 15.6 Å². The number of hydrogen-bond acceptors (Lipinski definition) is 5. The number of nitrogens with zero attached hydrogens (tertiary/aromatic N) is 2. The van der Waals surface area contributed by atoms with Gasteiger partial charge in [-0.25, -0.2) is 4.98 Å². The maximum absolute atomic E-state index is 12.8. The summed E-state index contributed by atoms with van der Waals surface area (Å²) in [5, 5.41) is 5.79. The van der Waals surface area contributed by atoms with Gasteiger partial charge in [-0.15, -0.1) is 0 Å². The molecule has 5 rings (SSSR count). The third-order valence-electron chi connectivity index (χ3n) is 5.41. The van der Waals surface area contributed by atoms with Crippen molar-refractivity contribution in [3.05, 3.63) is 83.7 Å². The Morgan fingerprint density at radius 3 is 2.64 bits per heavy atom. The topological polar surface area (TPSA) is 94.5 Å². The van der Waals surface area contributed by atoms with Crippen LogP contribution in [0.5, 0.6) is 11.5 Å². The Labute approximate surface area is 190 Å². The van der Waals surface area contributed by atoms with Crippen LogP contribution in [0.2, 0.25) is 0 Å². The zero-order chi connectivity index (χ0) is 22.8. The first-order valence-electron chi connectivity index (χ1n) is 10.6. The van der Waals surface area contributed by atoms with Crippen LogP contribution in [0.1, 0.15) is 21.7 Å². The molecule has 1 aromatic heterocycles. The summed E-state index contributed by atoms with van der Waals surface area (Å²) in [6.07, 6.45) is 0. The predicted molar refractivity (Wildman–Crippen MR) is 123 cm³/mol. The van der Waals surface area contributed by atoms with Crippen molar-refractivity contribution in [3.63, 3.8) is 0 Å². The predicted octanol–water partition coefficient (Wildman–Crippen LogP) is 3.64. The molecule has 2 N–H and O–H groups in total. The molecule has 0 radical (unpaired) electrons. The van der Waals surface area contributed by atoms with Crippen LogP contribution in [-0.4, -0.2) is 28.2 Å². The molecule has 0 unspecified atom stereocenters. The Kier molecular flexibility index (Phi) is 5.40. The zero-order valence-corrected chi connectivity index (χ0v) is 18.0. The van der Waals surface area contributed by atoms with E-state index >= 15 is 0 Å². The molecule has 2 amide bonds. The van der Waals surface area contributed by atoms with Gasteiger partial charge in [0.25, 0.3) is 5.91 Å². The highest BCUT2D eigenvalue weighted by Gasteiger charge is 2.17. The maximum Gasteiger partial charge on any atom is 0.251 e. The summed E-state index contributed by atoms with van der Waals surface area (Å²) in [4.78, 5) is 30.0. The maximum atomic E-state index is 12.8. The van der Waals surface area contributed by atoms with Crippen molar-refractivity contribution in [1.29, 1.82) is 0 Å². The molecule has 4 aromatic rings. The number of rotatable bonds is 6. The molecular formula is C25H22N4O4. The Balaban J connectivity index is 1.33. The van der Waals surface area contributed by atoms with Gasteiger partial charge in [-0.2, -0.15) is 0 Å². The SMILES string of the molecule is Cc1ccc(C(=O)NCc2nc3ccccc3n2CC(=O)Nc2ccc3c(c2)OCO3)cc1. The molecule has 2 heterocycles. The molecule has 166 valence electrons. The molecular weight excluding hydrogens is 420 g/mol. The lowest BCUT2D eigenvalue weighted by atomic mass is 10.1. The number of aryl methyl sites for hydroxylation is 1. The van der Waals surface area contributed by atoms with Crippen LogP contribution in [0, 0.1) is 6.92 Å². The number of hydrogen-bond donors (Lipinski definition) is 2. The number of carbonyl (C=O) groups excluding carboxylic acids is 2. The molecule has 0 saturated carbocycles. The average Bonchev–Trinajstić information content (AvgIpc) is 3.42. The Bertz CT molecular complexity index is 1340. The lowest BCUT2D eigenvalue weighted by Gasteiger charge is -2.11. The largest absolute Gasteiger partial charge is 0.454 e. The molecule has 0 atom stereocenters. The smallest absolute Gasteiger partial charge is 0.251 e. The number of para-hydroxylation sites is 2. The number of benzene rings is 3. The molecule has 33 heavy (non-hydrogen) atoms. The van der Waals surface area contributed by atoms with E-state index in [1.165, 1.54) is 0 Å². The lowest BCUT2D eigenvalue weighted by Crippen LogP contribution is -2.26. The molecule has 0 bridgehead atoms. The van der Waals surface area contributed by atoms with Crippen LogP contribution >= 0.6 is 0 Å². The zero-order valence-electron chi connectivity index (χ0n) is 18.0. The van der Waals surface area contributed by atoms with Crippen molar-refractivity contribution in [2.45, 2.75) is 20.0 Å². The second kappa shape index (κ2) is 8.66. The summed E-state index contributed by atoms with van der Waals surface area (Å²) < 4.78 is 12.5. The van der Waals surface area contributed by atoms with Crippen molar-refractivity contribution < 1.29 is 19.1 Å². The van der Waals surface area contributed by atoms with Crippen LogP contribution in [-0.2, 0) is 17.9 Å². The quantitative estimate of drug-likeness (QED) is 0.475. The number of imidazole rings is 1. The van der Waals surface area contributed by atoms with E-state index in [1.54, 1.807) is 30.3 Å². The minimum Gasteiger partial charge on any atom is -0.454 e. The Morgan fingerprint density at radius 2 is 1.79 bits per heavy atom. The minimum absolute atomic E-state index is 0.0463. The van der Waals surface area contributed by atoms with E-state index in [1.807, 2.05) is 47.9 Å². The number of amides is 2. The van der Waals surface area contributed by atoms with Gasteiger partial charge in [0.1, 0.15) is 12.4 Å². The molecule has 8 heteroatoms. The summed E-state index contributed by atoms with van der Waals surface area (Å²) >= 11 is 0. The average molecular weight is 442 g/mol. The van der Waals surface area contributed by atoms with Crippen molar-refractivity contribution in [1.82, 2.24) is 14.9 Å². The van der Waals surface area contributed by atoms with E-state index in [4.69, 9.17) is 9.47 Å². The fourth-order valence-electron chi connectivity index (χ4n) is 3.72. The second-order valence-electron chi connectivity index (χ2n) is 7.77. The van der Waals surface area contributed by atoms with Gasteiger partial charge in [0.15, 0.2) is 11.5 Å². The van der Waals surface area contributed by atoms with Gasteiger partial charge in [0, 0.05) is 17.3 Å². The number of carbonyl (C=O) groups is 2. The van der Waals surface area contributed by atoms with Gasteiger partial charge in [0.2, 0.25) is 12.7 Å². The van der Waals surface area contributed by atoms with Crippen LogP contribution < -0.4 is 20.1 Å². The molecule has 1 aliphatic rings. The summed E-state index contributed by atoms with van der Waals surface area (Å²) in [7, 11) is 0. The summed E-state index contributed by atoms with van der Waals surface area (Å²) in [6, 6.07) is 20.2. The van der Waals surface area contributed by atoms with Gasteiger partial charge in [-0.3, -0.25) is 9.59 Å². The van der Waals surface area contributed by atoms with Crippen LogP contribution in [0.3, 0.4) is 0 Å². The summed E-state index contributed by atoms with van der Waals surface area (Å²) in [5.74, 6) is 1.43. The third kappa shape index (κ3) is 4.36. The number of anilines is 1. The number of fused-ring (bicyclic) bond motifs is 2. The fourth-order valence-corrected chi connectivity index (χ4v) is 3.72. The van der Waals surface area contributed by atoms with Gasteiger partial charge < -0.3 is 24.7 Å². The molecule has 0 saturated heterocycles. The highest BCUT2D eigenvalue weighted by molar-refractivity contribution is 5.94. The van der Waals surface area contributed by atoms with Crippen molar-refractivity contribution in [2.24, 2.45) is 0 Å². The normalized spacial score (nSPS) is 12.0. The third-order valence-corrected chi connectivity index (χ3v) is 5.41. The first-order valence-corrected chi connectivity index (χ1v) is 10.6. The lowest BCUT2D eigenvalue weighted by molar-refractivity contribution is -0.116. The van der Waals surface area contributed by atoms with Gasteiger partial charge >= 0.3 is 0 Å². The van der Waals surface area contributed by atoms with E-state index in [9.17, 15) is 9.59 Å². The fraction of sp³-hybridized carbons (Fsp3) is 0.160. The van der Waals surface area contributed by atoms with Gasteiger partial charge in [-0.1, -0.05) is 29.8 Å². The van der Waals surface area contributed by atoms with E-state index in [0.29, 0.717) is 28.6 Å². The summed E-state index contributed by atoms with van der Waals surface area (Å²) in [5.41, 5.74) is 3.85. The number of nitrogens with one attached hydrogen (secondary N) is 2. The second-order valence-corrected chi connectivity index (χ2v) is 7.77. The highest BCUT2D eigenvalue weighted by Crippen LogP contribution is 2.34. The van der Waals surface area contributed by atoms with Crippen LogP contribution in [0.4, 0.5) is 5.69 Å². The number of aromatic nitrogens is 2. The van der Waals surface area contributed by atoms with E-state index in [-0.39, 0.29) is 31.7 Å². The Morgan fingerprint density at radius 1 is 1.00 bits per heavy atom. The first-order chi connectivity index (χ1) is 16.1. The molecule has 8 nitrogen and oxygen atoms in total. The standard InChI is InChI=1S/C25H22N4O4/c1-16-6-8-17(9-7-16)25(31)26-13-23-28-19-4-2-3-5-20(19)29(23)14-24(30)27-18-10-11-21-22(12-18)33-15-32-21/h2-12H,13-15H2,1H3,(H,26,31)(H,27,30). The van der Waals surface area contributed by atoms with Crippen molar-refractivity contribution in [3.8, 4) is 11.5 Å². The number of ether oxygens (including phenoxy) is 2. The van der Waals surface area contributed by atoms with Crippen LogP contribution in [0.15, 0.2) is 66.7 Å². The highest BCUT2D eigenvalue weighted by atomic mass is 16.7. The molecule has 0 fully saturated rings. The molecule has 0 spiro atoms. The van der Waals surface area contributed by atoms with Gasteiger partial charge in [-0.05, 0) is 43.3 Å².